The monoisotopic (exact) mass is 300 g/mol. The van der Waals surface area contributed by atoms with Gasteiger partial charge in [0.15, 0.2) is 0 Å². The molecule has 120 valence electrons. The molecular formula is C20H28O2. The number of carbonyl (C=O) groups excluding carboxylic acids is 1. The first-order valence-corrected chi connectivity index (χ1v) is 8.01. The zero-order valence-electron chi connectivity index (χ0n) is 14.5. The Labute approximate surface area is 134 Å². The molecule has 0 aromatic rings. The van der Waals surface area contributed by atoms with E-state index in [4.69, 9.17) is 4.74 Å². The van der Waals surface area contributed by atoms with Gasteiger partial charge in [-0.3, -0.25) is 0 Å². The van der Waals surface area contributed by atoms with Crippen molar-refractivity contribution in [1.82, 2.24) is 0 Å². The third-order valence-corrected chi connectivity index (χ3v) is 3.87. The van der Waals surface area contributed by atoms with E-state index in [0.717, 1.165) is 5.57 Å². The van der Waals surface area contributed by atoms with Crippen LogP contribution in [0.1, 0.15) is 53.9 Å². The quantitative estimate of drug-likeness (QED) is 0.383. The Morgan fingerprint density at radius 1 is 1.18 bits per heavy atom. The fourth-order valence-electron chi connectivity index (χ4n) is 2.47. The highest BCUT2D eigenvalue weighted by Crippen LogP contribution is 2.29. The molecule has 0 saturated carbocycles. The summed E-state index contributed by atoms with van der Waals surface area (Å²) in [6.45, 7) is 10.7. The third-order valence-electron chi connectivity index (χ3n) is 3.87. The summed E-state index contributed by atoms with van der Waals surface area (Å²) < 4.78 is 4.88. The summed E-state index contributed by atoms with van der Waals surface area (Å²) in [5.74, 6) is -0.286. The van der Waals surface area contributed by atoms with E-state index in [1.165, 1.54) is 47.6 Å². The molecule has 0 spiro atoms. The van der Waals surface area contributed by atoms with Gasteiger partial charge in [-0.15, -0.1) is 0 Å². The number of hydrogen-bond acceptors (Lipinski definition) is 2. The molecule has 0 N–H and O–H groups in total. The maximum atomic E-state index is 11.3. The van der Waals surface area contributed by atoms with E-state index in [9.17, 15) is 4.79 Å². The lowest BCUT2D eigenvalue weighted by Gasteiger charge is -2.18. The van der Waals surface area contributed by atoms with Gasteiger partial charge in [0.1, 0.15) is 0 Å². The minimum Gasteiger partial charge on any atom is -0.463 e. The predicted octanol–water partition coefficient (Wildman–Crippen LogP) is 5.45. The molecule has 2 nitrogen and oxygen atoms in total. The molecule has 0 aliphatic heterocycles. The largest absolute Gasteiger partial charge is 0.463 e. The Kier molecular flexibility index (Phi) is 7.65. The first kappa shape index (κ1) is 18.2. The number of hydrogen-bond donors (Lipinski definition) is 0. The van der Waals surface area contributed by atoms with Gasteiger partial charge in [-0.2, -0.15) is 0 Å². The van der Waals surface area contributed by atoms with Crippen LogP contribution in [0.15, 0.2) is 58.2 Å². The topological polar surface area (TPSA) is 26.3 Å². The summed E-state index contributed by atoms with van der Waals surface area (Å²) in [5.41, 5.74) is 6.52. The van der Waals surface area contributed by atoms with Crippen molar-refractivity contribution in [1.29, 1.82) is 0 Å². The van der Waals surface area contributed by atoms with Crippen molar-refractivity contribution in [2.24, 2.45) is 0 Å². The van der Waals surface area contributed by atoms with Gasteiger partial charge in [0.05, 0.1) is 6.61 Å². The molecule has 1 aliphatic rings. The molecule has 0 heterocycles. The highest BCUT2D eigenvalue weighted by Gasteiger charge is 2.10. The van der Waals surface area contributed by atoms with Gasteiger partial charge < -0.3 is 4.74 Å². The number of carbonyl (C=O) groups is 1. The van der Waals surface area contributed by atoms with E-state index in [-0.39, 0.29) is 5.97 Å². The second-order valence-corrected chi connectivity index (χ2v) is 5.84. The van der Waals surface area contributed by atoms with Gasteiger partial charge in [-0.1, -0.05) is 35.5 Å². The smallest absolute Gasteiger partial charge is 0.330 e. The van der Waals surface area contributed by atoms with Crippen LogP contribution in [0.3, 0.4) is 0 Å². The minimum absolute atomic E-state index is 0.286. The molecule has 0 unspecified atom stereocenters. The number of ether oxygens (including phenoxy) is 1. The van der Waals surface area contributed by atoms with Crippen LogP contribution in [0.25, 0.3) is 0 Å². The molecule has 0 fully saturated rings. The Morgan fingerprint density at radius 3 is 2.59 bits per heavy atom. The Balaban J connectivity index is 2.72. The van der Waals surface area contributed by atoms with E-state index in [0.29, 0.717) is 6.61 Å². The lowest BCUT2D eigenvalue weighted by molar-refractivity contribution is -0.137. The zero-order valence-corrected chi connectivity index (χ0v) is 14.5. The molecule has 1 aliphatic carbocycles. The van der Waals surface area contributed by atoms with Crippen LogP contribution in [0.2, 0.25) is 0 Å². The normalized spacial score (nSPS) is 19.2. The number of rotatable bonds is 5. The lowest BCUT2D eigenvalue weighted by Crippen LogP contribution is -1.99. The fraction of sp³-hybridized carbons (Fsp3) is 0.450. The molecular weight excluding hydrogens is 272 g/mol. The second-order valence-electron chi connectivity index (χ2n) is 5.84. The molecule has 0 saturated heterocycles. The van der Waals surface area contributed by atoms with E-state index in [1.54, 1.807) is 6.92 Å². The first-order valence-electron chi connectivity index (χ1n) is 8.01. The van der Waals surface area contributed by atoms with Crippen LogP contribution in [-0.4, -0.2) is 12.6 Å². The van der Waals surface area contributed by atoms with Gasteiger partial charge in [0.25, 0.3) is 0 Å². The van der Waals surface area contributed by atoms with Crippen molar-refractivity contribution in [3.8, 4) is 0 Å². The van der Waals surface area contributed by atoms with Crippen LogP contribution < -0.4 is 0 Å². The molecule has 0 radical (unpaired) electrons. The van der Waals surface area contributed by atoms with Crippen molar-refractivity contribution >= 4 is 5.97 Å². The number of allylic oxidation sites excluding steroid dienone is 9. The maximum absolute atomic E-state index is 11.3. The van der Waals surface area contributed by atoms with Crippen molar-refractivity contribution in [3.63, 3.8) is 0 Å². The standard InChI is InChI=1S/C20H28O2/c1-6-22-20(21)14-16(3)10-7-9-15(2)13-19-12-8-11-17(4)18(19)5/h7,9-10,13-14H,6,8,11-12H2,1-5H3/b10-7+,15-9+,16-14+,19-13+. The Bertz CT molecular complexity index is 554. The molecule has 0 aromatic heterocycles. The van der Waals surface area contributed by atoms with Gasteiger partial charge in [-0.05, 0) is 70.6 Å². The fourth-order valence-corrected chi connectivity index (χ4v) is 2.47. The van der Waals surface area contributed by atoms with Crippen LogP contribution in [0, 0.1) is 0 Å². The zero-order chi connectivity index (χ0) is 16.5. The van der Waals surface area contributed by atoms with E-state index < -0.39 is 0 Å². The van der Waals surface area contributed by atoms with Crippen molar-refractivity contribution in [2.75, 3.05) is 6.61 Å². The molecule has 0 aromatic carbocycles. The van der Waals surface area contributed by atoms with Gasteiger partial charge in [-0.25, -0.2) is 4.79 Å². The summed E-state index contributed by atoms with van der Waals surface area (Å²) in [6, 6.07) is 0. The first-order chi connectivity index (χ1) is 10.4. The van der Waals surface area contributed by atoms with Gasteiger partial charge in [0, 0.05) is 6.08 Å². The van der Waals surface area contributed by atoms with Crippen LogP contribution in [0.5, 0.6) is 0 Å². The Morgan fingerprint density at radius 2 is 1.91 bits per heavy atom. The third kappa shape index (κ3) is 6.30. The van der Waals surface area contributed by atoms with Gasteiger partial charge >= 0.3 is 5.97 Å². The number of esters is 1. The molecule has 0 amide bonds. The molecule has 2 heteroatoms. The SMILES string of the molecule is CCOC(=O)/C=C(C)/C=C/C=C(C)/C=C1\CCCC(C)=C1C. The molecule has 1 rings (SSSR count). The summed E-state index contributed by atoms with van der Waals surface area (Å²) in [7, 11) is 0. The van der Waals surface area contributed by atoms with Crippen LogP contribution >= 0.6 is 0 Å². The highest BCUT2D eigenvalue weighted by atomic mass is 16.5. The van der Waals surface area contributed by atoms with Crippen LogP contribution in [0.4, 0.5) is 0 Å². The Hall–Kier alpha value is -1.83. The second kappa shape index (κ2) is 9.24. The highest BCUT2D eigenvalue weighted by molar-refractivity contribution is 5.83. The summed E-state index contributed by atoms with van der Waals surface area (Å²) in [4.78, 5) is 11.3. The summed E-state index contributed by atoms with van der Waals surface area (Å²) in [6.07, 6.45) is 13.4. The van der Waals surface area contributed by atoms with Crippen molar-refractivity contribution in [2.45, 2.75) is 53.9 Å². The molecule has 0 atom stereocenters. The average Bonchev–Trinajstić information content (AvgIpc) is 2.44. The van der Waals surface area contributed by atoms with Crippen LogP contribution in [-0.2, 0) is 9.53 Å². The summed E-state index contributed by atoms with van der Waals surface area (Å²) >= 11 is 0. The van der Waals surface area contributed by atoms with E-state index in [1.807, 2.05) is 19.1 Å². The maximum Gasteiger partial charge on any atom is 0.330 e. The molecule has 22 heavy (non-hydrogen) atoms. The van der Waals surface area contributed by atoms with Gasteiger partial charge in [0.2, 0.25) is 0 Å². The lowest BCUT2D eigenvalue weighted by atomic mass is 9.88. The predicted molar refractivity (Wildman–Crippen MR) is 93.6 cm³/mol. The van der Waals surface area contributed by atoms with E-state index >= 15 is 0 Å². The molecule has 0 bridgehead atoms. The minimum atomic E-state index is -0.286. The average molecular weight is 300 g/mol. The summed E-state index contributed by atoms with van der Waals surface area (Å²) in [5, 5.41) is 0. The van der Waals surface area contributed by atoms with Crippen molar-refractivity contribution in [3.05, 3.63) is 58.2 Å². The van der Waals surface area contributed by atoms with E-state index in [2.05, 4.69) is 32.9 Å². The van der Waals surface area contributed by atoms with Crippen molar-refractivity contribution < 1.29 is 9.53 Å².